The van der Waals surface area contributed by atoms with Crippen molar-refractivity contribution in [3.05, 3.63) is 83.2 Å². The van der Waals surface area contributed by atoms with E-state index in [4.69, 9.17) is 9.47 Å². The molecule has 0 spiro atoms. The molecule has 0 aliphatic rings. The molecule has 3 aromatic rings. The number of hydrogen-bond donors (Lipinski definition) is 2. The summed E-state index contributed by atoms with van der Waals surface area (Å²) >= 11 is 0. The van der Waals surface area contributed by atoms with E-state index >= 15 is 0 Å². The van der Waals surface area contributed by atoms with E-state index in [-0.39, 0.29) is 6.54 Å². The van der Waals surface area contributed by atoms with Crippen LogP contribution in [0.3, 0.4) is 0 Å². The van der Waals surface area contributed by atoms with Gasteiger partial charge < -0.3 is 14.8 Å². The van der Waals surface area contributed by atoms with Gasteiger partial charge in [-0.05, 0) is 42.0 Å². The highest BCUT2D eigenvalue weighted by atomic mass is 32.2. The van der Waals surface area contributed by atoms with Crippen molar-refractivity contribution in [2.75, 3.05) is 19.5 Å². The van der Waals surface area contributed by atoms with E-state index in [2.05, 4.69) is 10.0 Å². The molecule has 0 saturated carbocycles. The van der Waals surface area contributed by atoms with Crippen molar-refractivity contribution in [3.8, 4) is 11.5 Å². The van der Waals surface area contributed by atoms with Gasteiger partial charge in [0.05, 0.1) is 14.2 Å². The van der Waals surface area contributed by atoms with Crippen LogP contribution in [0.15, 0.2) is 59.5 Å². The summed E-state index contributed by atoms with van der Waals surface area (Å²) in [6.45, 7) is -0.266. The lowest BCUT2D eigenvalue weighted by molar-refractivity contribution is 0.102. The highest BCUT2D eigenvalue weighted by molar-refractivity contribution is 7.89. The number of amides is 1. The van der Waals surface area contributed by atoms with Crippen LogP contribution in [0.4, 0.5) is 18.9 Å². The van der Waals surface area contributed by atoms with E-state index in [0.29, 0.717) is 40.4 Å². The van der Waals surface area contributed by atoms with Crippen molar-refractivity contribution in [2.24, 2.45) is 0 Å². The number of anilines is 1. The molecule has 0 aliphatic heterocycles. The minimum absolute atomic E-state index is 0.266. The fourth-order valence-electron chi connectivity index (χ4n) is 2.86. The predicted molar refractivity (Wildman–Crippen MR) is 114 cm³/mol. The van der Waals surface area contributed by atoms with Gasteiger partial charge in [-0.2, -0.15) is 0 Å². The summed E-state index contributed by atoms with van der Waals surface area (Å²) in [4.78, 5) is 11.5. The van der Waals surface area contributed by atoms with Gasteiger partial charge in [0.25, 0.3) is 5.91 Å². The first-order valence-corrected chi connectivity index (χ1v) is 10.9. The first kappa shape index (κ1) is 24.1. The Morgan fingerprint density at radius 3 is 2.18 bits per heavy atom. The lowest BCUT2D eigenvalue weighted by Crippen LogP contribution is -2.24. The van der Waals surface area contributed by atoms with Crippen molar-refractivity contribution in [3.63, 3.8) is 0 Å². The third-order valence-corrected chi connectivity index (χ3v) is 6.03. The van der Waals surface area contributed by atoms with Crippen LogP contribution in [0.2, 0.25) is 0 Å². The van der Waals surface area contributed by atoms with Gasteiger partial charge >= 0.3 is 0 Å². The second-order valence-electron chi connectivity index (χ2n) is 6.72. The first-order valence-electron chi connectivity index (χ1n) is 9.41. The minimum Gasteiger partial charge on any atom is -0.493 e. The molecule has 0 heterocycles. The Morgan fingerprint density at radius 1 is 0.879 bits per heavy atom. The van der Waals surface area contributed by atoms with Crippen LogP contribution >= 0.6 is 0 Å². The summed E-state index contributed by atoms with van der Waals surface area (Å²) < 4.78 is 77.1. The summed E-state index contributed by atoms with van der Waals surface area (Å²) in [6, 6.07) is 12.0. The molecule has 174 valence electrons. The number of carbonyl (C=O) groups is 1. The van der Waals surface area contributed by atoms with E-state index in [1.807, 2.05) is 0 Å². The maximum Gasteiger partial charge on any atom is 0.255 e. The number of halogens is 3. The van der Waals surface area contributed by atoms with Crippen LogP contribution in [0.25, 0.3) is 0 Å². The average molecular weight is 480 g/mol. The number of rotatable bonds is 8. The largest absolute Gasteiger partial charge is 0.493 e. The number of hydrogen-bond acceptors (Lipinski definition) is 5. The van der Waals surface area contributed by atoms with Crippen LogP contribution in [-0.4, -0.2) is 28.5 Å². The minimum atomic E-state index is -4.44. The average Bonchev–Trinajstić information content (AvgIpc) is 2.81. The molecule has 0 unspecified atom stereocenters. The maximum absolute atomic E-state index is 13.8. The maximum atomic E-state index is 13.8. The number of methoxy groups -OCH3 is 2. The van der Waals surface area contributed by atoms with Crippen molar-refractivity contribution < 1.29 is 35.9 Å². The van der Waals surface area contributed by atoms with Gasteiger partial charge in [-0.15, -0.1) is 0 Å². The van der Waals surface area contributed by atoms with Gasteiger partial charge in [-0.25, -0.2) is 26.3 Å². The number of ether oxygens (including phenoxy) is 2. The Hall–Kier alpha value is -3.57. The van der Waals surface area contributed by atoms with Crippen molar-refractivity contribution >= 4 is 21.6 Å². The molecule has 11 heteroatoms. The Labute approximate surface area is 188 Å². The quantitative estimate of drug-likeness (QED) is 0.478. The lowest BCUT2D eigenvalue weighted by Gasteiger charge is -2.11. The SMILES string of the molecule is COc1ccc(NC(=O)c2ccc(CNS(=O)(=O)c3ccc(F)c(F)c3F)cc2)cc1OC. The predicted octanol–water partition coefficient (Wildman–Crippen LogP) is 3.85. The molecular weight excluding hydrogens is 461 g/mol. The zero-order valence-corrected chi connectivity index (χ0v) is 18.3. The molecule has 0 bridgehead atoms. The molecule has 0 aliphatic carbocycles. The van der Waals surface area contributed by atoms with E-state index < -0.39 is 38.3 Å². The summed E-state index contributed by atoms with van der Waals surface area (Å²) in [5.74, 6) is -4.64. The normalized spacial score (nSPS) is 11.2. The fraction of sp³-hybridized carbons (Fsp3) is 0.136. The second kappa shape index (κ2) is 9.92. The van der Waals surface area contributed by atoms with Gasteiger partial charge in [-0.3, -0.25) is 4.79 Å². The summed E-state index contributed by atoms with van der Waals surface area (Å²) in [5.41, 5.74) is 1.22. The molecule has 0 atom stereocenters. The molecule has 0 saturated heterocycles. The summed E-state index contributed by atoms with van der Waals surface area (Å²) in [7, 11) is -1.48. The monoisotopic (exact) mass is 480 g/mol. The summed E-state index contributed by atoms with van der Waals surface area (Å²) in [6.07, 6.45) is 0. The zero-order valence-electron chi connectivity index (χ0n) is 17.5. The second-order valence-corrected chi connectivity index (χ2v) is 8.45. The van der Waals surface area contributed by atoms with Crippen molar-refractivity contribution in [1.29, 1.82) is 0 Å². The number of sulfonamides is 1. The van der Waals surface area contributed by atoms with Crippen molar-refractivity contribution in [2.45, 2.75) is 11.4 Å². The van der Waals surface area contributed by atoms with E-state index in [1.165, 1.54) is 38.5 Å². The number of benzene rings is 3. The summed E-state index contributed by atoms with van der Waals surface area (Å²) in [5, 5.41) is 2.70. The Balaban J connectivity index is 1.67. The Morgan fingerprint density at radius 2 is 1.55 bits per heavy atom. The first-order chi connectivity index (χ1) is 15.7. The van der Waals surface area contributed by atoms with E-state index in [1.54, 1.807) is 18.2 Å². The van der Waals surface area contributed by atoms with Gasteiger partial charge in [0.15, 0.2) is 29.0 Å². The topological polar surface area (TPSA) is 93.7 Å². The van der Waals surface area contributed by atoms with Crippen LogP contribution in [0.1, 0.15) is 15.9 Å². The zero-order chi connectivity index (χ0) is 24.2. The van der Waals surface area contributed by atoms with Crippen LogP contribution in [-0.2, 0) is 16.6 Å². The van der Waals surface area contributed by atoms with E-state index in [9.17, 15) is 26.4 Å². The third-order valence-electron chi connectivity index (χ3n) is 4.61. The molecule has 3 aromatic carbocycles. The number of nitrogens with one attached hydrogen (secondary N) is 2. The highest BCUT2D eigenvalue weighted by Crippen LogP contribution is 2.30. The Kier molecular flexibility index (Phi) is 7.24. The molecule has 0 aromatic heterocycles. The standard InChI is InChI=1S/C22H19F3N2O5S/c1-31-17-9-7-15(11-18(17)32-2)27-22(28)14-5-3-13(4-6-14)12-26-33(29,30)19-10-8-16(23)20(24)21(19)25/h3-11,26H,12H2,1-2H3,(H,27,28). The fourth-order valence-corrected chi connectivity index (χ4v) is 3.95. The smallest absolute Gasteiger partial charge is 0.255 e. The molecule has 3 rings (SSSR count). The highest BCUT2D eigenvalue weighted by Gasteiger charge is 2.23. The van der Waals surface area contributed by atoms with Gasteiger partial charge in [0.2, 0.25) is 10.0 Å². The van der Waals surface area contributed by atoms with Gasteiger partial charge in [-0.1, -0.05) is 12.1 Å². The third kappa shape index (κ3) is 5.44. The lowest BCUT2D eigenvalue weighted by atomic mass is 10.1. The molecule has 0 radical (unpaired) electrons. The van der Waals surface area contributed by atoms with Gasteiger partial charge in [0, 0.05) is 23.9 Å². The van der Waals surface area contributed by atoms with Gasteiger partial charge in [0.1, 0.15) is 4.90 Å². The van der Waals surface area contributed by atoms with Crippen LogP contribution < -0.4 is 19.5 Å². The molecule has 7 nitrogen and oxygen atoms in total. The van der Waals surface area contributed by atoms with Crippen molar-refractivity contribution in [1.82, 2.24) is 4.72 Å². The van der Waals surface area contributed by atoms with E-state index in [0.717, 1.165) is 0 Å². The molecule has 0 fully saturated rings. The van der Waals surface area contributed by atoms with Crippen LogP contribution in [0.5, 0.6) is 11.5 Å². The van der Waals surface area contributed by atoms with Crippen LogP contribution in [0, 0.1) is 17.5 Å². The molecule has 1 amide bonds. The molecule has 2 N–H and O–H groups in total. The number of carbonyl (C=O) groups excluding carboxylic acids is 1. The molecule has 33 heavy (non-hydrogen) atoms. The Bertz CT molecular complexity index is 1280. The molecular formula is C22H19F3N2O5S.